The molecular formula is C27H43F3O2. The van der Waals surface area contributed by atoms with Gasteiger partial charge in [-0.25, -0.2) is 0 Å². The predicted octanol–water partition coefficient (Wildman–Crippen LogP) is 7.31. The second-order valence-electron chi connectivity index (χ2n) is 12.5. The number of hydrogen-bond acceptors (Lipinski definition) is 2. The summed E-state index contributed by atoms with van der Waals surface area (Å²) in [5.41, 5.74) is 1.38. The first-order chi connectivity index (χ1) is 14.8. The van der Waals surface area contributed by atoms with Crippen molar-refractivity contribution in [3.63, 3.8) is 0 Å². The van der Waals surface area contributed by atoms with Crippen LogP contribution in [0.4, 0.5) is 13.2 Å². The number of aliphatic hydroxyl groups is 1. The first kappa shape index (κ1) is 24.6. The average Bonchev–Trinajstić information content (AvgIpc) is 3.05. The van der Waals surface area contributed by atoms with Gasteiger partial charge in [0, 0.05) is 7.11 Å². The van der Waals surface area contributed by atoms with Gasteiger partial charge in [-0.15, -0.1) is 0 Å². The third kappa shape index (κ3) is 4.08. The summed E-state index contributed by atoms with van der Waals surface area (Å²) in [5, 5.41) is 10.6. The number of halogens is 3. The molecule has 0 unspecified atom stereocenters. The fraction of sp³-hybridized carbons (Fsp3) is 0.926. The Kier molecular flexibility index (Phi) is 6.36. The molecule has 184 valence electrons. The lowest BCUT2D eigenvalue weighted by atomic mass is 9.46. The molecule has 1 N–H and O–H groups in total. The maximum atomic E-state index is 13.2. The van der Waals surface area contributed by atoms with E-state index in [1.54, 1.807) is 0 Å². The lowest BCUT2D eigenvalue weighted by molar-refractivity contribution is -0.215. The average molecular weight is 457 g/mol. The summed E-state index contributed by atoms with van der Waals surface area (Å²) in [5.74, 6) is 2.84. The molecular weight excluding hydrogens is 413 g/mol. The molecule has 0 spiro atoms. The Labute approximate surface area is 192 Å². The zero-order chi connectivity index (χ0) is 23.5. The number of ether oxygens (including phenoxy) is 1. The molecule has 3 fully saturated rings. The van der Waals surface area contributed by atoms with Crippen molar-refractivity contribution in [2.45, 2.75) is 110 Å². The van der Waals surface area contributed by atoms with Crippen LogP contribution >= 0.6 is 0 Å². The van der Waals surface area contributed by atoms with Gasteiger partial charge in [0.2, 0.25) is 0 Å². The summed E-state index contributed by atoms with van der Waals surface area (Å²) in [6, 6.07) is 0. The molecule has 4 rings (SSSR count). The molecule has 0 aromatic heterocycles. The molecule has 0 aromatic carbocycles. The monoisotopic (exact) mass is 456 g/mol. The van der Waals surface area contributed by atoms with Crippen molar-refractivity contribution in [3.05, 3.63) is 11.6 Å². The molecule has 0 aliphatic heterocycles. The van der Waals surface area contributed by atoms with Gasteiger partial charge in [-0.3, -0.25) is 0 Å². The van der Waals surface area contributed by atoms with E-state index >= 15 is 0 Å². The third-order valence-electron chi connectivity index (χ3n) is 10.7. The second-order valence-corrected chi connectivity index (χ2v) is 12.5. The molecule has 2 nitrogen and oxygen atoms in total. The Hall–Kier alpha value is -0.550. The number of alkyl halides is 3. The highest BCUT2D eigenvalue weighted by Gasteiger charge is 2.59. The zero-order valence-electron chi connectivity index (χ0n) is 20.6. The molecule has 9 atom stereocenters. The fourth-order valence-electron chi connectivity index (χ4n) is 8.81. The van der Waals surface area contributed by atoms with E-state index in [1.807, 2.05) is 6.92 Å². The van der Waals surface area contributed by atoms with Crippen molar-refractivity contribution < 1.29 is 23.0 Å². The van der Waals surface area contributed by atoms with Crippen molar-refractivity contribution in [1.82, 2.24) is 0 Å². The molecule has 0 bridgehead atoms. The summed E-state index contributed by atoms with van der Waals surface area (Å²) in [6.07, 6.45) is 5.86. The largest absolute Gasteiger partial charge is 0.414 e. The Bertz CT molecular complexity index is 729. The van der Waals surface area contributed by atoms with E-state index in [1.165, 1.54) is 31.9 Å². The van der Waals surface area contributed by atoms with Gasteiger partial charge in [0.05, 0.1) is 5.60 Å². The van der Waals surface area contributed by atoms with Crippen LogP contribution in [0.15, 0.2) is 11.6 Å². The highest BCUT2D eigenvalue weighted by molar-refractivity contribution is 5.26. The first-order valence-corrected chi connectivity index (χ1v) is 12.8. The molecule has 32 heavy (non-hydrogen) atoms. The molecule has 0 saturated heterocycles. The summed E-state index contributed by atoms with van der Waals surface area (Å²) < 4.78 is 44.2. The second kappa shape index (κ2) is 8.29. The van der Waals surface area contributed by atoms with Crippen molar-refractivity contribution in [2.75, 3.05) is 7.11 Å². The number of allylic oxidation sites excluding steroid dienone is 1. The zero-order valence-corrected chi connectivity index (χ0v) is 20.6. The van der Waals surface area contributed by atoms with E-state index in [4.69, 9.17) is 4.74 Å². The quantitative estimate of drug-likeness (QED) is 0.440. The van der Waals surface area contributed by atoms with Crippen LogP contribution in [0.25, 0.3) is 0 Å². The van der Waals surface area contributed by atoms with E-state index in [9.17, 15) is 18.3 Å². The highest BCUT2D eigenvalue weighted by Crippen LogP contribution is 2.67. The molecule has 3 saturated carbocycles. The van der Waals surface area contributed by atoms with Crippen LogP contribution in [-0.4, -0.2) is 30.1 Å². The lowest BCUT2D eigenvalue weighted by Gasteiger charge is -2.59. The van der Waals surface area contributed by atoms with Gasteiger partial charge in [0.15, 0.2) is 6.10 Å². The number of fused-ring (bicyclic) bond motifs is 5. The summed E-state index contributed by atoms with van der Waals surface area (Å²) in [6.45, 7) is 9.06. The Morgan fingerprint density at radius 3 is 2.44 bits per heavy atom. The Balaban J connectivity index is 1.48. The molecule has 4 aliphatic rings. The molecule has 0 radical (unpaired) electrons. The Morgan fingerprint density at radius 1 is 1.06 bits per heavy atom. The summed E-state index contributed by atoms with van der Waals surface area (Å²) >= 11 is 0. The minimum absolute atomic E-state index is 0.0641. The van der Waals surface area contributed by atoms with Crippen LogP contribution in [0.1, 0.15) is 91.9 Å². The molecule has 0 heterocycles. The maximum absolute atomic E-state index is 13.2. The maximum Gasteiger partial charge on any atom is 0.414 e. The normalized spacial score (nSPS) is 46.0. The highest BCUT2D eigenvalue weighted by atomic mass is 19.4. The topological polar surface area (TPSA) is 29.5 Å². The van der Waals surface area contributed by atoms with Gasteiger partial charge in [0.1, 0.15) is 0 Å². The van der Waals surface area contributed by atoms with E-state index in [0.29, 0.717) is 30.1 Å². The molecule has 0 amide bonds. The van der Waals surface area contributed by atoms with E-state index in [2.05, 4.69) is 26.8 Å². The van der Waals surface area contributed by atoms with Crippen LogP contribution in [0.5, 0.6) is 0 Å². The summed E-state index contributed by atoms with van der Waals surface area (Å²) in [7, 11) is 1.17. The van der Waals surface area contributed by atoms with Crippen LogP contribution in [0.3, 0.4) is 0 Å². The molecule has 5 heteroatoms. The van der Waals surface area contributed by atoms with E-state index in [-0.39, 0.29) is 23.2 Å². The number of rotatable bonds is 5. The van der Waals surface area contributed by atoms with Crippen molar-refractivity contribution in [3.8, 4) is 0 Å². The van der Waals surface area contributed by atoms with Gasteiger partial charge >= 0.3 is 6.18 Å². The standard InChI is InChI=1S/C27H43F3O2/c1-17(6-11-23(32-5)27(28,29)30)20-9-10-21-19-8-7-18-16-24(2,31)14-15-25(18,3)22(19)12-13-26(20,21)4/h7,17,19-23,31H,6,8-16H2,1-5H3/t17-,19+,20-,21+,22+,23-,24+,25+,26-/m1/s1. The minimum Gasteiger partial charge on any atom is -0.390 e. The molecule has 4 aliphatic carbocycles. The first-order valence-electron chi connectivity index (χ1n) is 12.8. The smallest absolute Gasteiger partial charge is 0.390 e. The minimum atomic E-state index is -4.28. The lowest BCUT2D eigenvalue weighted by Crippen LogP contribution is -2.52. The SMILES string of the molecule is CO[C@H](CC[C@@H](C)[C@H]1CC[C@H]2[C@@H]3CC=C4C[C@@](C)(O)CC[C@]4(C)[C@H]3CC[C@]12C)C(F)(F)F. The van der Waals surface area contributed by atoms with E-state index in [0.717, 1.165) is 32.1 Å². The van der Waals surface area contributed by atoms with E-state index < -0.39 is 17.9 Å². The molecule has 0 aromatic rings. The van der Waals surface area contributed by atoms with Crippen LogP contribution < -0.4 is 0 Å². The predicted molar refractivity (Wildman–Crippen MR) is 121 cm³/mol. The van der Waals surface area contributed by atoms with Gasteiger partial charge in [-0.05, 0) is 112 Å². The van der Waals surface area contributed by atoms with Crippen LogP contribution in [0.2, 0.25) is 0 Å². The van der Waals surface area contributed by atoms with Crippen molar-refractivity contribution in [2.24, 2.45) is 40.4 Å². The number of hydrogen-bond donors (Lipinski definition) is 1. The van der Waals surface area contributed by atoms with Gasteiger partial charge in [-0.2, -0.15) is 13.2 Å². The number of methoxy groups -OCH3 is 1. The van der Waals surface area contributed by atoms with Gasteiger partial charge < -0.3 is 9.84 Å². The fourth-order valence-corrected chi connectivity index (χ4v) is 8.81. The third-order valence-corrected chi connectivity index (χ3v) is 10.7. The van der Waals surface area contributed by atoms with Crippen molar-refractivity contribution in [1.29, 1.82) is 0 Å². The summed E-state index contributed by atoms with van der Waals surface area (Å²) in [4.78, 5) is 0. The van der Waals surface area contributed by atoms with Crippen molar-refractivity contribution >= 4 is 0 Å². The van der Waals surface area contributed by atoms with Gasteiger partial charge in [0.25, 0.3) is 0 Å². The van der Waals surface area contributed by atoms with Gasteiger partial charge in [-0.1, -0.05) is 32.4 Å². The van der Waals surface area contributed by atoms with Crippen LogP contribution in [-0.2, 0) is 4.74 Å². The Morgan fingerprint density at radius 2 is 1.78 bits per heavy atom. The van der Waals surface area contributed by atoms with Crippen LogP contribution in [0, 0.1) is 40.4 Å².